The van der Waals surface area contributed by atoms with Gasteiger partial charge in [-0.05, 0) is 19.1 Å². The number of esters is 1. The number of carbonyl (C=O) groups excluding carboxylic acids is 2. The van der Waals surface area contributed by atoms with Crippen LogP contribution in [0.4, 0.5) is 13.2 Å². The highest BCUT2D eigenvalue weighted by Crippen LogP contribution is 2.27. The second-order valence-corrected chi connectivity index (χ2v) is 3.65. The van der Waals surface area contributed by atoms with Gasteiger partial charge in [-0.25, -0.2) is 4.79 Å². The third-order valence-corrected chi connectivity index (χ3v) is 2.22. The van der Waals surface area contributed by atoms with Crippen LogP contribution in [0.1, 0.15) is 23.0 Å². The quantitative estimate of drug-likeness (QED) is 0.847. The predicted octanol–water partition coefficient (Wildman–Crippen LogP) is 1.39. The lowest BCUT2D eigenvalue weighted by Crippen LogP contribution is -2.39. The number of halogens is 3. The van der Waals surface area contributed by atoms with Crippen molar-refractivity contribution in [3.8, 4) is 0 Å². The molecule has 19 heavy (non-hydrogen) atoms. The molecule has 1 atom stereocenters. The van der Waals surface area contributed by atoms with E-state index >= 15 is 0 Å². The number of nitrogens with zero attached hydrogens (tertiary/aromatic N) is 1. The Morgan fingerprint density at radius 3 is 2.42 bits per heavy atom. The van der Waals surface area contributed by atoms with Crippen molar-refractivity contribution in [3.05, 3.63) is 29.6 Å². The zero-order valence-electron chi connectivity index (χ0n) is 10.1. The number of rotatable bonds is 3. The van der Waals surface area contributed by atoms with Crippen molar-refractivity contribution in [2.75, 3.05) is 7.11 Å². The van der Waals surface area contributed by atoms with E-state index in [2.05, 4.69) is 15.0 Å². The van der Waals surface area contributed by atoms with Gasteiger partial charge in [0.25, 0.3) is 5.91 Å². The van der Waals surface area contributed by atoms with Crippen LogP contribution in [0.5, 0.6) is 0 Å². The molecule has 5 nitrogen and oxygen atoms in total. The van der Waals surface area contributed by atoms with E-state index in [1.807, 2.05) is 0 Å². The Bertz CT molecular complexity index is 471. The van der Waals surface area contributed by atoms with E-state index < -0.39 is 29.8 Å². The number of nitrogens with one attached hydrogen (secondary N) is 1. The Morgan fingerprint density at radius 2 is 2.00 bits per heavy atom. The van der Waals surface area contributed by atoms with Crippen molar-refractivity contribution in [3.63, 3.8) is 0 Å². The molecule has 1 N–H and O–H groups in total. The fraction of sp³-hybridized carbons (Fsp3) is 0.364. The molecule has 0 bridgehead atoms. The molecular weight excluding hydrogens is 265 g/mol. The van der Waals surface area contributed by atoms with Gasteiger partial charge in [-0.1, -0.05) is 0 Å². The Labute approximate surface area is 106 Å². The van der Waals surface area contributed by atoms with Gasteiger partial charge in [0, 0.05) is 6.20 Å². The first-order valence-electron chi connectivity index (χ1n) is 5.17. The monoisotopic (exact) mass is 276 g/mol. The lowest BCUT2D eigenvalue weighted by molar-refractivity contribution is -0.142. The second kappa shape index (κ2) is 5.68. The maximum absolute atomic E-state index is 12.3. The van der Waals surface area contributed by atoms with Crippen LogP contribution in [0.25, 0.3) is 0 Å². The first-order valence-corrected chi connectivity index (χ1v) is 5.17. The first kappa shape index (κ1) is 14.9. The van der Waals surface area contributed by atoms with Gasteiger partial charge in [-0.2, -0.15) is 13.2 Å². The fourth-order valence-corrected chi connectivity index (χ4v) is 1.21. The summed E-state index contributed by atoms with van der Waals surface area (Å²) in [5, 5.41) is 2.27. The van der Waals surface area contributed by atoms with Gasteiger partial charge >= 0.3 is 12.1 Å². The topological polar surface area (TPSA) is 68.3 Å². The highest BCUT2D eigenvalue weighted by atomic mass is 19.4. The fourth-order valence-electron chi connectivity index (χ4n) is 1.21. The normalized spacial score (nSPS) is 12.7. The molecule has 0 aliphatic heterocycles. The highest BCUT2D eigenvalue weighted by molar-refractivity contribution is 5.96. The third-order valence-electron chi connectivity index (χ3n) is 2.22. The molecule has 1 amide bonds. The molecule has 0 spiro atoms. The standard InChI is InChI=1S/C11H11F3N2O3/c1-6(10(18)19-2)16-9(17)7-3-4-8(15-5-7)11(12,13)14/h3-6H,1-2H3,(H,16,17). The van der Waals surface area contributed by atoms with E-state index in [4.69, 9.17) is 0 Å². The van der Waals surface area contributed by atoms with Gasteiger partial charge in [0.1, 0.15) is 11.7 Å². The van der Waals surface area contributed by atoms with E-state index in [1.54, 1.807) is 0 Å². The van der Waals surface area contributed by atoms with E-state index in [1.165, 1.54) is 6.92 Å². The molecule has 104 valence electrons. The van der Waals surface area contributed by atoms with E-state index in [9.17, 15) is 22.8 Å². The lowest BCUT2D eigenvalue weighted by atomic mass is 10.2. The van der Waals surface area contributed by atoms with Gasteiger partial charge in [0.15, 0.2) is 0 Å². The number of hydrogen-bond donors (Lipinski definition) is 1. The minimum atomic E-state index is -4.56. The molecule has 0 aromatic carbocycles. The summed E-state index contributed by atoms with van der Waals surface area (Å²) in [7, 11) is 1.16. The Balaban J connectivity index is 2.76. The van der Waals surface area contributed by atoms with Crippen molar-refractivity contribution < 1.29 is 27.5 Å². The SMILES string of the molecule is COC(=O)C(C)NC(=O)c1ccc(C(F)(F)F)nc1. The summed E-state index contributed by atoms with van der Waals surface area (Å²) in [6, 6.07) is 0.771. The molecule has 1 aromatic heterocycles. The van der Waals surface area contributed by atoms with Crippen LogP contribution in [-0.4, -0.2) is 30.0 Å². The molecule has 1 rings (SSSR count). The second-order valence-electron chi connectivity index (χ2n) is 3.65. The van der Waals surface area contributed by atoms with Crippen LogP contribution in [0.2, 0.25) is 0 Å². The summed E-state index contributed by atoms with van der Waals surface area (Å²) in [5.74, 6) is -1.37. The number of hydrogen-bond acceptors (Lipinski definition) is 4. The number of amides is 1. The summed E-state index contributed by atoms with van der Waals surface area (Å²) in [4.78, 5) is 25.8. The van der Waals surface area contributed by atoms with Crippen molar-refractivity contribution in [1.29, 1.82) is 0 Å². The third kappa shape index (κ3) is 3.94. The summed E-state index contributed by atoms with van der Waals surface area (Å²) < 4.78 is 41.2. The Morgan fingerprint density at radius 1 is 1.37 bits per heavy atom. The van der Waals surface area contributed by atoms with Crippen LogP contribution >= 0.6 is 0 Å². The lowest BCUT2D eigenvalue weighted by Gasteiger charge is -2.11. The summed E-state index contributed by atoms with van der Waals surface area (Å²) >= 11 is 0. The predicted molar refractivity (Wildman–Crippen MR) is 58.2 cm³/mol. The number of alkyl halides is 3. The van der Waals surface area contributed by atoms with Crippen molar-refractivity contribution in [2.24, 2.45) is 0 Å². The van der Waals surface area contributed by atoms with Crippen molar-refractivity contribution >= 4 is 11.9 Å². The summed E-state index contributed by atoms with van der Waals surface area (Å²) in [6.45, 7) is 1.39. The van der Waals surface area contributed by atoms with E-state index in [0.29, 0.717) is 6.07 Å². The first-order chi connectivity index (χ1) is 8.75. The van der Waals surface area contributed by atoms with Crippen LogP contribution in [0, 0.1) is 0 Å². The number of carbonyl (C=O) groups is 2. The smallest absolute Gasteiger partial charge is 0.433 e. The molecule has 0 fully saturated rings. The largest absolute Gasteiger partial charge is 0.467 e. The van der Waals surface area contributed by atoms with Crippen molar-refractivity contribution in [2.45, 2.75) is 19.1 Å². The molecule has 1 unspecified atom stereocenters. The summed E-state index contributed by atoms with van der Waals surface area (Å²) in [6.07, 6.45) is -3.77. The zero-order valence-corrected chi connectivity index (χ0v) is 10.1. The van der Waals surface area contributed by atoms with Gasteiger partial charge in [-0.15, -0.1) is 0 Å². The van der Waals surface area contributed by atoms with E-state index in [-0.39, 0.29) is 5.56 Å². The number of methoxy groups -OCH3 is 1. The Kier molecular flexibility index (Phi) is 4.47. The molecular formula is C11H11F3N2O3. The number of ether oxygens (including phenoxy) is 1. The van der Waals surface area contributed by atoms with Gasteiger partial charge in [0.05, 0.1) is 12.7 Å². The minimum absolute atomic E-state index is 0.0799. The molecule has 1 aromatic rings. The average molecular weight is 276 g/mol. The minimum Gasteiger partial charge on any atom is -0.467 e. The average Bonchev–Trinajstić information content (AvgIpc) is 2.36. The summed E-state index contributed by atoms with van der Waals surface area (Å²) in [5.41, 5.74) is -1.17. The highest BCUT2D eigenvalue weighted by Gasteiger charge is 2.32. The Hall–Kier alpha value is -2.12. The van der Waals surface area contributed by atoms with Crippen LogP contribution in [-0.2, 0) is 15.7 Å². The van der Waals surface area contributed by atoms with E-state index in [0.717, 1.165) is 19.4 Å². The van der Waals surface area contributed by atoms with Gasteiger partial charge in [0.2, 0.25) is 0 Å². The molecule has 0 radical (unpaired) electrons. The van der Waals surface area contributed by atoms with Gasteiger partial charge < -0.3 is 10.1 Å². The van der Waals surface area contributed by atoms with Crippen LogP contribution in [0.15, 0.2) is 18.3 Å². The molecule has 1 heterocycles. The molecule has 0 saturated carbocycles. The van der Waals surface area contributed by atoms with Crippen LogP contribution < -0.4 is 5.32 Å². The molecule has 0 aliphatic carbocycles. The van der Waals surface area contributed by atoms with Crippen LogP contribution in [0.3, 0.4) is 0 Å². The molecule has 8 heteroatoms. The maximum atomic E-state index is 12.3. The number of aromatic nitrogens is 1. The van der Waals surface area contributed by atoms with Gasteiger partial charge in [-0.3, -0.25) is 9.78 Å². The number of pyridine rings is 1. The van der Waals surface area contributed by atoms with Crippen molar-refractivity contribution in [1.82, 2.24) is 10.3 Å². The zero-order chi connectivity index (χ0) is 14.6. The molecule has 0 aliphatic rings. The maximum Gasteiger partial charge on any atom is 0.433 e. The molecule has 0 saturated heterocycles.